The van der Waals surface area contributed by atoms with Crippen LogP contribution in [0.1, 0.15) is 64.7 Å². The molecule has 0 spiro atoms. The summed E-state index contributed by atoms with van der Waals surface area (Å²) in [6.07, 6.45) is 12.6. The van der Waals surface area contributed by atoms with Crippen LogP contribution in [0.15, 0.2) is 24.3 Å². The van der Waals surface area contributed by atoms with E-state index in [0.29, 0.717) is 6.04 Å². The van der Waals surface area contributed by atoms with Crippen molar-refractivity contribution in [2.45, 2.75) is 88.9 Å². The number of hydrogen-bond acceptors (Lipinski definition) is 3. The number of fused-ring (bicyclic) bond motifs is 2. The van der Waals surface area contributed by atoms with Gasteiger partial charge in [-0.3, -0.25) is 4.90 Å². The summed E-state index contributed by atoms with van der Waals surface area (Å²) in [5.74, 6) is 0.941. The van der Waals surface area contributed by atoms with Crippen LogP contribution in [0.4, 0.5) is 11.4 Å². The third kappa shape index (κ3) is 3.15. The van der Waals surface area contributed by atoms with Gasteiger partial charge in [-0.15, -0.1) is 0 Å². The first kappa shape index (κ1) is 16.3. The van der Waals surface area contributed by atoms with E-state index < -0.39 is 0 Å². The van der Waals surface area contributed by atoms with Crippen molar-refractivity contribution in [1.29, 1.82) is 0 Å². The van der Waals surface area contributed by atoms with Gasteiger partial charge >= 0.3 is 0 Å². The molecule has 1 saturated carbocycles. The fraction of sp³-hybridized carbons (Fsp3) is 0.714. The predicted octanol–water partition coefficient (Wildman–Crippen LogP) is 4.64. The number of anilines is 2. The van der Waals surface area contributed by atoms with E-state index in [-0.39, 0.29) is 0 Å². The number of hydrogen-bond donors (Lipinski definition) is 2. The average molecular weight is 328 g/mol. The minimum Gasteiger partial charge on any atom is -0.397 e. The summed E-state index contributed by atoms with van der Waals surface area (Å²) in [4.78, 5) is 2.92. The van der Waals surface area contributed by atoms with Crippen LogP contribution < -0.4 is 11.1 Å². The van der Waals surface area contributed by atoms with Crippen LogP contribution in [0, 0.1) is 5.92 Å². The highest BCUT2D eigenvalue weighted by Crippen LogP contribution is 2.42. The fourth-order valence-corrected chi connectivity index (χ4v) is 5.70. The summed E-state index contributed by atoms with van der Waals surface area (Å²) < 4.78 is 0. The van der Waals surface area contributed by atoms with Gasteiger partial charge in [0.1, 0.15) is 0 Å². The molecule has 0 radical (unpaired) electrons. The largest absolute Gasteiger partial charge is 0.397 e. The second-order valence-electron chi connectivity index (χ2n) is 8.37. The minimum atomic E-state index is 0.585. The third-order valence-corrected chi connectivity index (χ3v) is 6.91. The van der Waals surface area contributed by atoms with E-state index in [9.17, 15) is 0 Å². The molecule has 2 saturated heterocycles. The summed E-state index contributed by atoms with van der Waals surface area (Å²) in [5, 5.41) is 3.74. The Morgan fingerprint density at radius 3 is 2.33 bits per heavy atom. The van der Waals surface area contributed by atoms with E-state index in [2.05, 4.69) is 29.3 Å². The summed E-state index contributed by atoms with van der Waals surface area (Å²) in [5.41, 5.74) is 8.12. The van der Waals surface area contributed by atoms with Crippen molar-refractivity contribution in [2.75, 3.05) is 11.1 Å². The molecule has 24 heavy (non-hydrogen) atoms. The molecule has 2 bridgehead atoms. The molecule has 3 atom stereocenters. The lowest BCUT2D eigenvalue weighted by Crippen LogP contribution is -2.53. The highest BCUT2D eigenvalue weighted by Gasteiger charge is 2.44. The van der Waals surface area contributed by atoms with Crippen LogP contribution in [-0.4, -0.2) is 29.1 Å². The number of nitrogens with one attached hydrogen (secondary N) is 1. The fourth-order valence-electron chi connectivity index (χ4n) is 5.70. The van der Waals surface area contributed by atoms with Crippen molar-refractivity contribution in [3.05, 3.63) is 24.3 Å². The predicted molar refractivity (Wildman–Crippen MR) is 102 cm³/mol. The molecule has 2 aliphatic heterocycles. The number of benzene rings is 1. The molecule has 132 valence electrons. The molecular weight excluding hydrogens is 294 g/mol. The number of nitrogens with zero attached hydrogens (tertiary/aromatic N) is 1. The van der Waals surface area contributed by atoms with Gasteiger partial charge in [0.15, 0.2) is 0 Å². The molecule has 1 aliphatic carbocycles. The molecule has 2 heterocycles. The molecule has 1 aromatic rings. The number of nitrogens with two attached hydrogens (primary N) is 1. The zero-order chi connectivity index (χ0) is 16.5. The van der Waals surface area contributed by atoms with E-state index in [0.717, 1.165) is 35.4 Å². The van der Waals surface area contributed by atoms with Crippen LogP contribution in [0.2, 0.25) is 0 Å². The Kier molecular flexibility index (Phi) is 4.71. The smallest absolute Gasteiger partial charge is 0.0576 e. The van der Waals surface area contributed by atoms with Gasteiger partial charge < -0.3 is 11.1 Å². The second kappa shape index (κ2) is 6.95. The van der Waals surface area contributed by atoms with Crippen molar-refractivity contribution in [2.24, 2.45) is 5.92 Å². The second-order valence-corrected chi connectivity index (χ2v) is 8.37. The van der Waals surface area contributed by atoms with Crippen LogP contribution in [0.5, 0.6) is 0 Å². The van der Waals surface area contributed by atoms with Crippen molar-refractivity contribution in [1.82, 2.24) is 4.90 Å². The van der Waals surface area contributed by atoms with E-state index in [1.165, 1.54) is 57.8 Å². The monoisotopic (exact) mass is 327 g/mol. The highest BCUT2D eigenvalue weighted by atomic mass is 15.3. The van der Waals surface area contributed by atoms with Crippen LogP contribution in [0.3, 0.4) is 0 Å². The standard InChI is InChI=1S/C21H33N3/c1-15(16-7-3-2-4-8-16)24-18-11-12-19(24)14-17(13-18)23-21-10-6-5-9-20(21)22/h5-6,9-10,15-19,23H,2-4,7-8,11-14,22H2,1H3/t15-,17?,18?,19?/m1/s1. The number of para-hydroxylation sites is 2. The molecule has 1 aromatic carbocycles. The van der Waals surface area contributed by atoms with Gasteiger partial charge in [0.25, 0.3) is 0 Å². The molecule has 3 N–H and O–H groups in total. The Bertz CT molecular complexity index is 538. The van der Waals surface area contributed by atoms with E-state index in [4.69, 9.17) is 5.73 Å². The zero-order valence-corrected chi connectivity index (χ0v) is 15.1. The number of nitrogen functional groups attached to an aromatic ring is 1. The maximum absolute atomic E-state index is 6.12. The van der Waals surface area contributed by atoms with Gasteiger partial charge in [0, 0.05) is 24.2 Å². The lowest BCUT2D eigenvalue weighted by Gasteiger charge is -2.46. The van der Waals surface area contributed by atoms with E-state index in [1.807, 2.05) is 12.1 Å². The van der Waals surface area contributed by atoms with Gasteiger partial charge in [-0.2, -0.15) is 0 Å². The number of rotatable bonds is 4. The topological polar surface area (TPSA) is 41.3 Å². The van der Waals surface area contributed by atoms with Crippen LogP contribution in [-0.2, 0) is 0 Å². The number of piperidine rings is 1. The third-order valence-electron chi connectivity index (χ3n) is 6.91. The molecule has 0 amide bonds. The van der Waals surface area contributed by atoms with Crippen molar-refractivity contribution >= 4 is 11.4 Å². The van der Waals surface area contributed by atoms with Crippen molar-refractivity contribution in [3.63, 3.8) is 0 Å². The first-order chi connectivity index (χ1) is 11.7. The first-order valence-electron chi connectivity index (χ1n) is 10.1. The van der Waals surface area contributed by atoms with Crippen LogP contribution in [0.25, 0.3) is 0 Å². The zero-order valence-electron chi connectivity index (χ0n) is 15.1. The molecule has 4 rings (SSSR count). The molecule has 3 nitrogen and oxygen atoms in total. The normalized spacial score (nSPS) is 32.6. The maximum atomic E-state index is 6.12. The summed E-state index contributed by atoms with van der Waals surface area (Å²) >= 11 is 0. The van der Waals surface area contributed by atoms with Gasteiger partial charge in [-0.25, -0.2) is 0 Å². The summed E-state index contributed by atoms with van der Waals surface area (Å²) in [6.45, 7) is 2.52. The molecule has 3 heteroatoms. The molecular formula is C21H33N3. The van der Waals surface area contributed by atoms with Gasteiger partial charge in [-0.1, -0.05) is 31.4 Å². The molecule has 3 aliphatic rings. The Morgan fingerprint density at radius 1 is 1.00 bits per heavy atom. The Morgan fingerprint density at radius 2 is 1.67 bits per heavy atom. The Hall–Kier alpha value is -1.22. The van der Waals surface area contributed by atoms with Gasteiger partial charge in [0.05, 0.1) is 11.4 Å². The van der Waals surface area contributed by atoms with E-state index >= 15 is 0 Å². The SMILES string of the molecule is C[C@H](C1CCCCC1)N1C2CCC1CC(Nc1ccccc1N)C2. The minimum absolute atomic E-state index is 0.585. The first-order valence-corrected chi connectivity index (χ1v) is 10.1. The highest BCUT2D eigenvalue weighted by molar-refractivity contribution is 5.66. The molecule has 3 fully saturated rings. The van der Waals surface area contributed by atoms with E-state index in [1.54, 1.807) is 0 Å². The lowest BCUT2D eigenvalue weighted by molar-refractivity contribution is 0.0474. The van der Waals surface area contributed by atoms with Crippen molar-refractivity contribution in [3.8, 4) is 0 Å². The average Bonchev–Trinajstić information content (AvgIpc) is 2.88. The van der Waals surface area contributed by atoms with Gasteiger partial charge in [0.2, 0.25) is 0 Å². The maximum Gasteiger partial charge on any atom is 0.0576 e. The Labute approximate surface area is 147 Å². The summed E-state index contributed by atoms with van der Waals surface area (Å²) in [7, 11) is 0. The molecule has 2 unspecified atom stereocenters. The molecule has 0 aromatic heterocycles. The summed E-state index contributed by atoms with van der Waals surface area (Å²) in [6, 6.07) is 11.1. The van der Waals surface area contributed by atoms with Gasteiger partial charge in [-0.05, 0) is 63.5 Å². The van der Waals surface area contributed by atoms with Crippen LogP contribution >= 0.6 is 0 Å². The van der Waals surface area contributed by atoms with Crippen molar-refractivity contribution < 1.29 is 0 Å². The Balaban J connectivity index is 1.41. The quantitative estimate of drug-likeness (QED) is 0.791. The lowest BCUT2D eigenvalue weighted by atomic mass is 9.82.